The molecule has 1 heterocycles. The third-order valence-electron chi connectivity index (χ3n) is 2.38. The number of amides is 1. The standard InChI is InChI=1S/C11H13N7O2/c1-20-9-5-3-2-4-8(9)6-13-14-10(19)7-18-11(12)15-16-17-18/h2-6H,7H2,1H3,(H,14,19)(H2,12,15,17). The fraction of sp³-hybridized carbons (Fsp3) is 0.182. The number of hydrogen-bond acceptors (Lipinski definition) is 7. The van der Waals surface area contributed by atoms with Gasteiger partial charge in [0.2, 0.25) is 5.95 Å². The molecule has 1 aromatic heterocycles. The number of rotatable bonds is 5. The number of ether oxygens (including phenoxy) is 1. The first kappa shape index (κ1) is 13.5. The zero-order valence-electron chi connectivity index (χ0n) is 10.7. The van der Waals surface area contributed by atoms with Gasteiger partial charge in [-0.25, -0.2) is 10.1 Å². The topological polar surface area (TPSA) is 120 Å². The summed E-state index contributed by atoms with van der Waals surface area (Å²) in [6, 6.07) is 7.29. The molecule has 0 spiro atoms. The van der Waals surface area contributed by atoms with Crippen molar-refractivity contribution in [3.05, 3.63) is 29.8 Å². The molecule has 3 N–H and O–H groups in total. The lowest BCUT2D eigenvalue weighted by atomic mass is 10.2. The van der Waals surface area contributed by atoms with Gasteiger partial charge in [0, 0.05) is 5.56 Å². The lowest BCUT2D eigenvalue weighted by Gasteiger charge is -2.03. The third kappa shape index (κ3) is 3.28. The molecule has 0 saturated heterocycles. The second-order valence-corrected chi connectivity index (χ2v) is 3.73. The first-order chi connectivity index (χ1) is 9.70. The summed E-state index contributed by atoms with van der Waals surface area (Å²) in [5.74, 6) is 0.333. The maximum absolute atomic E-state index is 11.6. The number of hydrogen-bond donors (Lipinski definition) is 2. The highest BCUT2D eigenvalue weighted by Crippen LogP contribution is 2.14. The van der Waals surface area contributed by atoms with Gasteiger partial charge in [0.25, 0.3) is 5.91 Å². The van der Waals surface area contributed by atoms with Crippen LogP contribution in [0.5, 0.6) is 5.75 Å². The highest BCUT2D eigenvalue weighted by atomic mass is 16.5. The number of methoxy groups -OCH3 is 1. The molecule has 9 nitrogen and oxygen atoms in total. The van der Waals surface area contributed by atoms with Gasteiger partial charge in [0.05, 0.1) is 13.3 Å². The fourth-order valence-corrected chi connectivity index (χ4v) is 1.44. The molecule has 104 valence electrons. The summed E-state index contributed by atoms with van der Waals surface area (Å²) in [4.78, 5) is 11.6. The maximum atomic E-state index is 11.6. The molecule has 1 amide bonds. The molecular weight excluding hydrogens is 262 g/mol. The van der Waals surface area contributed by atoms with Crippen LogP contribution < -0.4 is 15.9 Å². The van der Waals surface area contributed by atoms with Crippen molar-refractivity contribution in [3.8, 4) is 5.75 Å². The van der Waals surface area contributed by atoms with Crippen molar-refractivity contribution in [1.29, 1.82) is 0 Å². The first-order valence-corrected chi connectivity index (χ1v) is 5.67. The van der Waals surface area contributed by atoms with E-state index in [4.69, 9.17) is 10.5 Å². The quantitative estimate of drug-likeness (QED) is 0.556. The Morgan fingerprint density at radius 3 is 3.05 bits per heavy atom. The Hall–Kier alpha value is -2.97. The Bertz CT molecular complexity index is 623. The summed E-state index contributed by atoms with van der Waals surface area (Å²) in [6.45, 7) is -0.109. The second kappa shape index (κ2) is 6.27. The average Bonchev–Trinajstić information content (AvgIpc) is 2.85. The summed E-state index contributed by atoms with van der Waals surface area (Å²) < 4.78 is 6.31. The van der Waals surface area contributed by atoms with E-state index in [-0.39, 0.29) is 12.5 Å². The number of aromatic nitrogens is 4. The monoisotopic (exact) mass is 275 g/mol. The number of nitrogen functional groups attached to an aromatic ring is 1. The van der Waals surface area contributed by atoms with E-state index >= 15 is 0 Å². The minimum atomic E-state index is -0.393. The van der Waals surface area contributed by atoms with Crippen LogP contribution in [0.3, 0.4) is 0 Å². The van der Waals surface area contributed by atoms with Gasteiger partial charge in [-0.05, 0) is 22.6 Å². The molecule has 2 aromatic rings. The Labute approximate surface area is 114 Å². The number of nitrogens with two attached hydrogens (primary N) is 1. The second-order valence-electron chi connectivity index (χ2n) is 3.73. The van der Waals surface area contributed by atoms with Gasteiger partial charge in [0.15, 0.2) is 0 Å². The van der Waals surface area contributed by atoms with Gasteiger partial charge in [-0.2, -0.15) is 5.10 Å². The number of benzene rings is 1. The Morgan fingerprint density at radius 2 is 2.35 bits per heavy atom. The van der Waals surface area contributed by atoms with E-state index < -0.39 is 5.91 Å². The third-order valence-corrected chi connectivity index (χ3v) is 2.38. The van der Waals surface area contributed by atoms with Gasteiger partial charge in [-0.3, -0.25) is 4.79 Å². The van der Waals surface area contributed by atoms with Crippen LogP contribution in [0.15, 0.2) is 29.4 Å². The van der Waals surface area contributed by atoms with Crippen LogP contribution in [-0.4, -0.2) is 39.4 Å². The summed E-state index contributed by atoms with van der Waals surface area (Å²) in [6.07, 6.45) is 1.49. The van der Waals surface area contributed by atoms with Crippen molar-refractivity contribution in [3.63, 3.8) is 0 Å². The van der Waals surface area contributed by atoms with Crippen molar-refractivity contribution < 1.29 is 9.53 Å². The molecule has 0 aliphatic heterocycles. The van der Waals surface area contributed by atoms with Crippen molar-refractivity contribution in [1.82, 2.24) is 25.6 Å². The molecule has 0 fully saturated rings. The molecule has 0 radical (unpaired) electrons. The minimum Gasteiger partial charge on any atom is -0.496 e. The van der Waals surface area contributed by atoms with Crippen LogP contribution in [0.1, 0.15) is 5.56 Å². The molecule has 0 unspecified atom stereocenters. The average molecular weight is 275 g/mol. The van der Waals surface area contributed by atoms with E-state index in [0.29, 0.717) is 5.75 Å². The molecule has 2 rings (SSSR count). The summed E-state index contributed by atoms with van der Waals surface area (Å²) in [5.41, 5.74) is 8.54. The van der Waals surface area contributed by atoms with E-state index in [0.717, 1.165) is 10.2 Å². The van der Waals surface area contributed by atoms with Crippen molar-refractivity contribution >= 4 is 18.1 Å². The summed E-state index contributed by atoms with van der Waals surface area (Å²) >= 11 is 0. The van der Waals surface area contributed by atoms with Gasteiger partial charge in [-0.15, -0.1) is 0 Å². The van der Waals surface area contributed by atoms with Crippen LogP contribution in [0, 0.1) is 0 Å². The molecule has 0 aliphatic carbocycles. The summed E-state index contributed by atoms with van der Waals surface area (Å²) in [5, 5.41) is 14.2. The van der Waals surface area contributed by atoms with Gasteiger partial charge in [0.1, 0.15) is 12.3 Å². The Balaban J connectivity index is 1.93. The van der Waals surface area contributed by atoms with E-state index in [1.165, 1.54) is 6.21 Å². The first-order valence-electron chi connectivity index (χ1n) is 5.67. The van der Waals surface area contributed by atoms with E-state index in [2.05, 4.69) is 26.1 Å². The van der Waals surface area contributed by atoms with Crippen molar-refractivity contribution in [2.75, 3.05) is 12.8 Å². The molecule has 0 aliphatic rings. The lowest BCUT2D eigenvalue weighted by molar-refractivity contribution is -0.121. The van der Waals surface area contributed by atoms with Crippen LogP contribution in [0.2, 0.25) is 0 Å². The predicted molar refractivity (Wildman–Crippen MR) is 71.0 cm³/mol. The lowest BCUT2D eigenvalue weighted by Crippen LogP contribution is -2.24. The number of hydrazone groups is 1. The van der Waals surface area contributed by atoms with Gasteiger partial charge < -0.3 is 10.5 Å². The number of para-hydroxylation sites is 1. The Kier molecular flexibility index (Phi) is 4.22. The van der Waals surface area contributed by atoms with Crippen LogP contribution in [0.4, 0.5) is 5.95 Å². The zero-order valence-corrected chi connectivity index (χ0v) is 10.7. The molecule has 0 saturated carbocycles. The van der Waals surface area contributed by atoms with Gasteiger partial charge in [-0.1, -0.05) is 17.2 Å². The number of anilines is 1. The maximum Gasteiger partial charge on any atom is 0.261 e. The van der Waals surface area contributed by atoms with Crippen molar-refractivity contribution in [2.45, 2.75) is 6.54 Å². The van der Waals surface area contributed by atoms with E-state index in [9.17, 15) is 4.79 Å². The number of carbonyl (C=O) groups is 1. The number of nitrogens with zero attached hydrogens (tertiary/aromatic N) is 5. The largest absolute Gasteiger partial charge is 0.496 e. The molecular formula is C11H13N7O2. The van der Waals surface area contributed by atoms with E-state index in [1.807, 2.05) is 18.2 Å². The SMILES string of the molecule is COc1ccccc1C=NNC(=O)Cn1nnnc1N. The molecule has 0 bridgehead atoms. The molecule has 0 atom stereocenters. The van der Waals surface area contributed by atoms with E-state index in [1.54, 1.807) is 13.2 Å². The number of carbonyl (C=O) groups excluding carboxylic acids is 1. The fourth-order valence-electron chi connectivity index (χ4n) is 1.44. The number of nitrogens with one attached hydrogen (secondary N) is 1. The zero-order chi connectivity index (χ0) is 14.4. The number of tetrazole rings is 1. The molecule has 9 heteroatoms. The highest BCUT2D eigenvalue weighted by Gasteiger charge is 2.06. The Morgan fingerprint density at radius 1 is 1.55 bits per heavy atom. The van der Waals surface area contributed by atoms with Crippen LogP contribution in [0.25, 0.3) is 0 Å². The minimum absolute atomic E-state index is 0.0638. The predicted octanol–water partition coefficient (Wildman–Crippen LogP) is -0.586. The van der Waals surface area contributed by atoms with Crippen molar-refractivity contribution in [2.24, 2.45) is 5.10 Å². The highest BCUT2D eigenvalue weighted by molar-refractivity contribution is 5.85. The molecule has 20 heavy (non-hydrogen) atoms. The normalized spacial score (nSPS) is 10.7. The van der Waals surface area contributed by atoms with Crippen LogP contribution >= 0.6 is 0 Å². The van der Waals surface area contributed by atoms with Crippen LogP contribution in [-0.2, 0) is 11.3 Å². The van der Waals surface area contributed by atoms with Gasteiger partial charge >= 0.3 is 0 Å². The smallest absolute Gasteiger partial charge is 0.261 e. The molecule has 1 aromatic carbocycles. The summed E-state index contributed by atoms with van der Waals surface area (Å²) in [7, 11) is 1.56.